The van der Waals surface area contributed by atoms with Gasteiger partial charge in [-0.3, -0.25) is 4.79 Å². The molecule has 0 aliphatic carbocycles. The number of ether oxygens (including phenoxy) is 2. The third kappa shape index (κ3) is 4.59. The van der Waals surface area contributed by atoms with Gasteiger partial charge in [0.1, 0.15) is 6.04 Å². The molecule has 144 valence electrons. The lowest BCUT2D eigenvalue weighted by molar-refractivity contribution is -0.121. The van der Waals surface area contributed by atoms with Gasteiger partial charge in [0.2, 0.25) is 0 Å². The van der Waals surface area contributed by atoms with Crippen molar-refractivity contribution in [3.8, 4) is 11.5 Å². The minimum Gasteiger partial charge on any atom is -0.493 e. The predicted molar refractivity (Wildman–Crippen MR) is 112 cm³/mol. The highest BCUT2D eigenvalue weighted by Crippen LogP contribution is 2.26. The number of anilines is 1. The van der Waals surface area contributed by atoms with Gasteiger partial charge in [0.25, 0.3) is 5.91 Å². The van der Waals surface area contributed by atoms with Crippen LogP contribution < -0.4 is 20.2 Å². The van der Waals surface area contributed by atoms with Gasteiger partial charge in [0.05, 0.1) is 20.4 Å². The third-order valence-corrected chi connectivity index (χ3v) is 4.32. The van der Waals surface area contributed by atoms with Crippen molar-refractivity contribution in [1.29, 1.82) is 0 Å². The molecule has 6 heteroatoms. The van der Waals surface area contributed by atoms with Crippen molar-refractivity contribution >= 4 is 28.6 Å². The largest absolute Gasteiger partial charge is 0.493 e. The standard InChI is InChI=1S/C22H23N3O3/c1-15(24-19-10-9-17-6-4-5-7-18(17)13-19)22(26)25-23-14-16-8-11-20(27-2)21(12-16)28-3/h4-15,24H,1-3H3,(H,25,26)/b23-14+. The van der Waals surface area contributed by atoms with Crippen LogP contribution in [-0.4, -0.2) is 32.4 Å². The van der Waals surface area contributed by atoms with Crippen LogP contribution in [0.25, 0.3) is 10.8 Å². The van der Waals surface area contributed by atoms with Crippen LogP contribution in [0.1, 0.15) is 12.5 Å². The Labute approximate surface area is 164 Å². The fourth-order valence-corrected chi connectivity index (χ4v) is 2.80. The summed E-state index contributed by atoms with van der Waals surface area (Å²) in [4.78, 5) is 12.3. The molecule has 0 bridgehead atoms. The van der Waals surface area contributed by atoms with Gasteiger partial charge in [0, 0.05) is 5.69 Å². The Morgan fingerprint density at radius 3 is 2.46 bits per heavy atom. The van der Waals surface area contributed by atoms with Crippen LogP contribution >= 0.6 is 0 Å². The van der Waals surface area contributed by atoms with Gasteiger partial charge in [-0.15, -0.1) is 0 Å². The zero-order valence-electron chi connectivity index (χ0n) is 16.1. The molecule has 2 N–H and O–H groups in total. The first-order valence-electron chi connectivity index (χ1n) is 8.91. The lowest BCUT2D eigenvalue weighted by atomic mass is 10.1. The number of carbonyl (C=O) groups is 1. The SMILES string of the molecule is COc1ccc(/C=N/NC(=O)C(C)Nc2ccc3ccccc3c2)cc1OC. The first-order valence-corrected chi connectivity index (χ1v) is 8.91. The van der Waals surface area contributed by atoms with Gasteiger partial charge in [0.15, 0.2) is 11.5 Å². The Hall–Kier alpha value is -3.54. The Morgan fingerprint density at radius 1 is 0.964 bits per heavy atom. The van der Waals surface area contributed by atoms with Crippen molar-refractivity contribution in [3.05, 3.63) is 66.2 Å². The van der Waals surface area contributed by atoms with Gasteiger partial charge in [-0.25, -0.2) is 5.43 Å². The van der Waals surface area contributed by atoms with E-state index in [1.165, 1.54) is 0 Å². The Kier molecular flexibility index (Phi) is 6.11. The van der Waals surface area contributed by atoms with Gasteiger partial charge >= 0.3 is 0 Å². The number of hydrogen-bond donors (Lipinski definition) is 2. The summed E-state index contributed by atoms with van der Waals surface area (Å²) in [7, 11) is 3.15. The van der Waals surface area contributed by atoms with E-state index < -0.39 is 6.04 Å². The summed E-state index contributed by atoms with van der Waals surface area (Å²) in [5.41, 5.74) is 4.22. The van der Waals surface area contributed by atoms with Crippen molar-refractivity contribution < 1.29 is 14.3 Å². The maximum Gasteiger partial charge on any atom is 0.262 e. The molecular weight excluding hydrogens is 354 g/mol. The lowest BCUT2D eigenvalue weighted by Gasteiger charge is -2.14. The zero-order chi connectivity index (χ0) is 19.9. The number of hydrogen-bond acceptors (Lipinski definition) is 5. The van der Waals surface area contributed by atoms with Crippen molar-refractivity contribution in [2.75, 3.05) is 19.5 Å². The van der Waals surface area contributed by atoms with E-state index in [0.717, 1.165) is 22.0 Å². The molecule has 28 heavy (non-hydrogen) atoms. The highest BCUT2D eigenvalue weighted by atomic mass is 16.5. The number of rotatable bonds is 7. The summed E-state index contributed by atoms with van der Waals surface area (Å²) < 4.78 is 10.5. The minimum atomic E-state index is -0.441. The average molecular weight is 377 g/mol. The quantitative estimate of drug-likeness (QED) is 0.485. The van der Waals surface area contributed by atoms with Gasteiger partial charge in [-0.05, 0) is 53.6 Å². The maximum atomic E-state index is 12.3. The van der Waals surface area contributed by atoms with E-state index >= 15 is 0 Å². The maximum absolute atomic E-state index is 12.3. The van der Waals surface area contributed by atoms with Crippen LogP contribution in [0.2, 0.25) is 0 Å². The summed E-state index contributed by atoms with van der Waals surface area (Å²) in [6.45, 7) is 1.79. The number of benzene rings is 3. The minimum absolute atomic E-state index is 0.232. The molecule has 0 spiro atoms. The molecule has 0 saturated heterocycles. The van der Waals surface area contributed by atoms with Crippen molar-refractivity contribution in [2.24, 2.45) is 5.10 Å². The molecule has 3 rings (SSSR count). The number of hydrazone groups is 1. The molecule has 1 atom stereocenters. The molecule has 6 nitrogen and oxygen atoms in total. The second kappa shape index (κ2) is 8.90. The molecule has 0 fully saturated rings. The Balaban J connectivity index is 1.59. The fraction of sp³-hybridized carbons (Fsp3) is 0.182. The van der Waals surface area contributed by atoms with Crippen LogP contribution in [-0.2, 0) is 4.79 Å². The van der Waals surface area contributed by atoms with E-state index in [1.807, 2.05) is 42.5 Å². The molecule has 0 heterocycles. The van der Waals surface area contributed by atoms with Crippen LogP contribution in [0, 0.1) is 0 Å². The third-order valence-electron chi connectivity index (χ3n) is 4.32. The predicted octanol–water partition coefficient (Wildman–Crippen LogP) is 3.81. The number of nitrogens with one attached hydrogen (secondary N) is 2. The van der Waals surface area contributed by atoms with Gasteiger partial charge in [-0.1, -0.05) is 30.3 Å². The first-order chi connectivity index (χ1) is 13.6. The first kappa shape index (κ1) is 19.2. The number of nitrogens with zero attached hydrogens (tertiary/aromatic N) is 1. The van der Waals surface area contributed by atoms with Crippen molar-refractivity contribution in [2.45, 2.75) is 13.0 Å². The summed E-state index contributed by atoms with van der Waals surface area (Å²) >= 11 is 0. The topological polar surface area (TPSA) is 72.0 Å². The van der Waals surface area contributed by atoms with Crippen molar-refractivity contribution in [1.82, 2.24) is 5.43 Å². The van der Waals surface area contributed by atoms with Crippen LogP contribution in [0.3, 0.4) is 0 Å². The van der Waals surface area contributed by atoms with Crippen LogP contribution in [0.15, 0.2) is 65.8 Å². The molecule has 0 radical (unpaired) electrons. The highest BCUT2D eigenvalue weighted by Gasteiger charge is 2.12. The second-order valence-corrected chi connectivity index (χ2v) is 6.28. The van der Waals surface area contributed by atoms with Gasteiger partial charge < -0.3 is 14.8 Å². The molecule has 0 aliphatic heterocycles. The van der Waals surface area contributed by atoms with Crippen LogP contribution in [0.5, 0.6) is 11.5 Å². The highest BCUT2D eigenvalue weighted by molar-refractivity contribution is 5.89. The Bertz CT molecular complexity index is 1000. The molecule has 3 aromatic carbocycles. The summed E-state index contributed by atoms with van der Waals surface area (Å²) in [5.74, 6) is 1.01. The molecule has 0 aromatic heterocycles. The molecule has 0 saturated carbocycles. The van der Waals surface area contributed by atoms with E-state index in [0.29, 0.717) is 11.5 Å². The number of methoxy groups -OCH3 is 2. The lowest BCUT2D eigenvalue weighted by Crippen LogP contribution is -2.34. The average Bonchev–Trinajstić information content (AvgIpc) is 2.73. The summed E-state index contributed by atoms with van der Waals surface area (Å²) in [5, 5.41) is 9.49. The van der Waals surface area contributed by atoms with Gasteiger partial charge in [-0.2, -0.15) is 5.10 Å². The van der Waals surface area contributed by atoms with E-state index in [1.54, 1.807) is 39.5 Å². The van der Waals surface area contributed by atoms with E-state index in [-0.39, 0.29) is 5.91 Å². The summed E-state index contributed by atoms with van der Waals surface area (Å²) in [6.07, 6.45) is 1.56. The number of fused-ring (bicyclic) bond motifs is 1. The van der Waals surface area contributed by atoms with E-state index in [2.05, 4.69) is 21.9 Å². The molecule has 1 amide bonds. The number of amides is 1. The normalized spacial score (nSPS) is 12.0. The van der Waals surface area contributed by atoms with Crippen LogP contribution in [0.4, 0.5) is 5.69 Å². The van der Waals surface area contributed by atoms with E-state index in [9.17, 15) is 4.79 Å². The molecule has 0 aliphatic rings. The second-order valence-electron chi connectivity index (χ2n) is 6.28. The molecule has 3 aromatic rings. The zero-order valence-corrected chi connectivity index (χ0v) is 16.1. The molecular formula is C22H23N3O3. The smallest absolute Gasteiger partial charge is 0.262 e. The Morgan fingerprint density at radius 2 is 1.71 bits per heavy atom. The fourth-order valence-electron chi connectivity index (χ4n) is 2.80. The number of carbonyl (C=O) groups excluding carboxylic acids is 1. The molecule has 1 unspecified atom stereocenters. The van der Waals surface area contributed by atoms with E-state index in [4.69, 9.17) is 9.47 Å². The van der Waals surface area contributed by atoms with Crippen molar-refractivity contribution in [3.63, 3.8) is 0 Å². The summed E-state index contributed by atoms with van der Waals surface area (Å²) in [6, 6.07) is 19.0. The monoisotopic (exact) mass is 377 g/mol.